The number of rotatable bonds is 0. The number of piperidine rings is 1. The largest absolute Gasteiger partial charge is 0.293 e. The minimum Gasteiger partial charge on any atom is -0.293 e. The molecule has 1 aliphatic rings. The molecule has 0 radical (unpaired) electrons. The van der Waals surface area contributed by atoms with Crippen LogP contribution in [0.25, 0.3) is 0 Å². The summed E-state index contributed by atoms with van der Waals surface area (Å²) in [6.07, 6.45) is 0. The molecule has 2 amide bonds. The smallest absolute Gasteiger partial charge is 0.260 e. The number of amides is 2. The number of hydrogen-bond donors (Lipinski definition) is 1. The first kappa shape index (κ1) is 7.65. The van der Waals surface area contributed by atoms with Crippen molar-refractivity contribution in [1.82, 2.24) is 5.32 Å². The van der Waals surface area contributed by atoms with Crippen molar-refractivity contribution in [3.8, 4) is 0 Å². The molecule has 1 N–H and O–H groups in total. The molecule has 1 fully saturated rings. The molecule has 1 unspecified atom stereocenters. The van der Waals surface area contributed by atoms with Crippen molar-refractivity contribution >= 4 is 17.6 Å². The van der Waals surface area contributed by atoms with E-state index < -0.39 is 23.5 Å². The third-order valence-corrected chi connectivity index (χ3v) is 1.59. The van der Waals surface area contributed by atoms with Gasteiger partial charge in [0.1, 0.15) is 0 Å². The molecule has 4 nitrogen and oxygen atoms in total. The third kappa shape index (κ3) is 1.07. The van der Waals surface area contributed by atoms with Crippen LogP contribution in [0, 0.1) is 5.92 Å². The van der Waals surface area contributed by atoms with Crippen molar-refractivity contribution in [2.24, 2.45) is 5.92 Å². The van der Waals surface area contributed by atoms with E-state index in [1.165, 1.54) is 6.92 Å². The van der Waals surface area contributed by atoms with Crippen LogP contribution in [-0.2, 0) is 14.4 Å². The first-order chi connectivity index (χ1) is 5.04. The Labute approximate surface area is 64.8 Å². The summed E-state index contributed by atoms with van der Waals surface area (Å²) in [5.74, 6) is -2.50. The number of imide groups is 1. The lowest BCUT2D eigenvalue weighted by atomic mass is 9.95. The van der Waals surface area contributed by atoms with E-state index in [1.807, 2.05) is 5.32 Å². The SMILES string of the molecule is C=C1C(=O)NC(=O)C(C)C1=O.[HH]. The lowest BCUT2D eigenvalue weighted by Gasteiger charge is -2.16. The Kier molecular flexibility index (Phi) is 1.60. The highest BCUT2D eigenvalue weighted by Crippen LogP contribution is 2.10. The summed E-state index contributed by atoms with van der Waals surface area (Å²) in [5.41, 5.74) is -0.142. The minimum atomic E-state index is -0.778. The van der Waals surface area contributed by atoms with E-state index in [2.05, 4.69) is 6.58 Å². The van der Waals surface area contributed by atoms with Gasteiger partial charge in [-0.2, -0.15) is 0 Å². The van der Waals surface area contributed by atoms with Gasteiger partial charge in [0.2, 0.25) is 5.91 Å². The molecule has 1 rings (SSSR count). The average Bonchev–Trinajstić information content (AvgIpc) is 1.97. The van der Waals surface area contributed by atoms with Crippen LogP contribution in [0.1, 0.15) is 8.35 Å². The second kappa shape index (κ2) is 2.30. The van der Waals surface area contributed by atoms with Gasteiger partial charge in [0, 0.05) is 1.43 Å². The van der Waals surface area contributed by atoms with Crippen LogP contribution < -0.4 is 5.32 Å². The molecule has 1 atom stereocenters. The van der Waals surface area contributed by atoms with Crippen molar-refractivity contribution < 1.29 is 15.8 Å². The summed E-state index contributed by atoms with van der Waals surface area (Å²) in [6.45, 7) is 4.69. The van der Waals surface area contributed by atoms with E-state index >= 15 is 0 Å². The molecule has 1 heterocycles. The normalized spacial score (nSPS) is 25.4. The zero-order chi connectivity index (χ0) is 8.59. The number of hydrogen-bond acceptors (Lipinski definition) is 3. The molecular weight excluding hydrogens is 146 g/mol. The van der Waals surface area contributed by atoms with E-state index in [0.717, 1.165) is 0 Å². The van der Waals surface area contributed by atoms with E-state index in [1.54, 1.807) is 0 Å². The lowest BCUT2D eigenvalue weighted by Crippen LogP contribution is -2.46. The summed E-state index contributed by atoms with van der Waals surface area (Å²) in [7, 11) is 0. The molecule has 0 aromatic carbocycles. The maximum absolute atomic E-state index is 11.0. The Morgan fingerprint density at radius 3 is 2.55 bits per heavy atom. The second-order valence-electron chi connectivity index (χ2n) is 2.38. The Balaban J connectivity index is 0.00000121. The molecule has 0 spiro atoms. The van der Waals surface area contributed by atoms with Gasteiger partial charge in [-0.15, -0.1) is 0 Å². The molecule has 0 saturated carbocycles. The van der Waals surface area contributed by atoms with E-state index in [0.29, 0.717) is 0 Å². The summed E-state index contributed by atoms with van der Waals surface area (Å²) >= 11 is 0. The Morgan fingerprint density at radius 2 is 2.00 bits per heavy atom. The molecule has 0 aromatic rings. The third-order valence-electron chi connectivity index (χ3n) is 1.59. The van der Waals surface area contributed by atoms with Crippen LogP contribution in [0.3, 0.4) is 0 Å². The predicted molar refractivity (Wildman–Crippen MR) is 38.6 cm³/mol. The van der Waals surface area contributed by atoms with Crippen molar-refractivity contribution in [3.05, 3.63) is 12.2 Å². The van der Waals surface area contributed by atoms with Crippen molar-refractivity contribution in [3.63, 3.8) is 0 Å². The van der Waals surface area contributed by atoms with Gasteiger partial charge in [-0.05, 0) is 6.92 Å². The molecule has 11 heavy (non-hydrogen) atoms. The second-order valence-corrected chi connectivity index (χ2v) is 2.38. The summed E-state index contributed by atoms with van der Waals surface area (Å²) < 4.78 is 0. The fraction of sp³-hybridized carbons (Fsp3) is 0.286. The molecule has 0 aliphatic carbocycles. The molecule has 4 heteroatoms. The first-order valence-electron chi connectivity index (χ1n) is 3.12. The lowest BCUT2D eigenvalue weighted by molar-refractivity contribution is -0.138. The fourth-order valence-electron chi connectivity index (χ4n) is 0.788. The number of carbonyl (C=O) groups is 3. The highest BCUT2D eigenvalue weighted by atomic mass is 16.2. The fourth-order valence-corrected chi connectivity index (χ4v) is 0.788. The summed E-state index contributed by atoms with van der Waals surface area (Å²) in [5, 5.41) is 2.01. The summed E-state index contributed by atoms with van der Waals surface area (Å²) in [6, 6.07) is 0. The number of nitrogens with one attached hydrogen (secondary N) is 1. The standard InChI is InChI=1S/C7H7NO3.H2/c1-3-5(9)4(2)7(11)8-6(3)10;/h4H,1H2,2H3,(H,8,10,11);1H. The maximum Gasteiger partial charge on any atom is 0.260 e. The van der Waals surface area contributed by atoms with Crippen LogP contribution in [0.15, 0.2) is 12.2 Å². The van der Waals surface area contributed by atoms with Crippen LogP contribution in [0.4, 0.5) is 0 Å². The minimum absolute atomic E-state index is 0. The molecule has 1 aliphatic heterocycles. The molecule has 1 saturated heterocycles. The van der Waals surface area contributed by atoms with Gasteiger partial charge in [-0.25, -0.2) is 0 Å². The molecule has 60 valence electrons. The topological polar surface area (TPSA) is 63.2 Å². The van der Waals surface area contributed by atoms with Crippen LogP contribution >= 0.6 is 0 Å². The number of Topliss-reactive ketones (excluding diaryl/α,β-unsaturated/α-hetero) is 1. The van der Waals surface area contributed by atoms with Crippen molar-refractivity contribution in [2.45, 2.75) is 6.92 Å². The van der Waals surface area contributed by atoms with E-state index in [4.69, 9.17) is 0 Å². The van der Waals surface area contributed by atoms with E-state index in [-0.39, 0.29) is 7.00 Å². The molecule has 0 bridgehead atoms. The van der Waals surface area contributed by atoms with Gasteiger partial charge in [-0.1, -0.05) is 6.58 Å². The first-order valence-corrected chi connectivity index (χ1v) is 3.12. The van der Waals surface area contributed by atoms with Crippen molar-refractivity contribution in [2.75, 3.05) is 0 Å². The highest BCUT2D eigenvalue weighted by molar-refractivity contribution is 6.31. The monoisotopic (exact) mass is 155 g/mol. The quantitative estimate of drug-likeness (QED) is 0.225. The van der Waals surface area contributed by atoms with Gasteiger partial charge >= 0.3 is 0 Å². The molecule has 0 aromatic heterocycles. The Bertz CT molecular complexity index is 272. The summed E-state index contributed by atoms with van der Waals surface area (Å²) in [4.78, 5) is 32.4. The Morgan fingerprint density at radius 1 is 1.45 bits per heavy atom. The number of ketones is 1. The maximum atomic E-state index is 11.0. The van der Waals surface area contributed by atoms with Crippen LogP contribution in [0.5, 0.6) is 0 Å². The van der Waals surface area contributed by atoms with Crippen molar-refractivity contribution in [1.29, 1.82) is 0 Å². The molecular formula is C7H9NO3. The highest BCUT2D eigenvalue weighted by Gasteiger charge is 2.33. The van der Waals surface area contributed by atoms with E-state index in [9.17, 15) is 14.4 Å². The van der Waals surface area contributed by atoms with Gasteiger partial charge in [0.15, 0.2) is 5.78 Å². The zero-order valence-electron chi connectivity index (χ0n) is 6.01. The number of carbonyl (C=O) groups excluding carboxylic acids is 3. The van der Waals surface area contributed by atoms with Gasteiger partial charge in [-0.3, -0.25) is 19.7 Å². The van der Waals surface area contributed by atoms with Gasteiger partial charge in [0.05, 0.1) is 11.5 Å². The predicted octanol–water partition coefficient (Wildman–Crippen LogP) is -0.350. The zero-order valence-corrected chi connectivity index (χ0v) is 6.01. The van der Waals surface area contributed by atoms with Crippen LogP contribution in [-0.4, -0.2) is 17.6 Å². The average molecular weight is 155 g/mol. The van der Waals surface area contributed by atoms with Gasteiger partial charge < -0.3 is 0 Å². The Hall–Kier alpha value is -1.45. The van der Waals surface area contributed by atoms with Gasteiger partial charge in [0.25, 0.3) is 5.91 Å². The van der Waals surface area contributed by atoms with Crippen LogP contribution in [0.2, 0.25) is 0 Å².